The largest absolute Gasteiger partial charge is 0.481 e. The van der Waals surface area contributed by atoms with Crippen LogP contribution in [0.25, 0.3) is 0 Å². The van der Waals surface area contributed by atoms with Gasteiger partial charge in [0.2, 0.25) is 5.91 Å². The number of thioether (sulfide) groups is 1. The maximum absolute atomic E-state index is 13.3. The molecule has 0 aliphatic rings. The Bertz CT molecular complexity index is 667. The van der Waals surface area contributed by atoms with Crippen molar-refractivity contribution in [3.63, 3.8) is 0 Å². The normalized spacial score (nSPS) is 9.96. The minimum Gasteiger partial charge on any atom is -0.481 e. The summed E-state index contributed by atoms with van der Waals surface area (Å²) < 4.78 is 18.3. The minimum atomic E-state index is -0.577. The quantitative estimate of drug-likeness (QED) is 0.627. The Balaban J connectivity index is 1.66. The van der Waals surface area contributed by atoms with E-state index in [1.165, 1.54) is 30.0 Å². The van der Waals surface area contributed by atoms with E-state index >= 15 is 0 Å². The van der Waals surface area contributed by atoms with Crippen molar-refractivity contribution >= 4 is 23.6 Å². The van der Waals surface area contributed by atoms with Gasteiger partial charge in [-0.2, -0.15) is 0 Å². The number of ether oxygens (including phenoxy) is 1. The first-order valence-electron chi connectivity index (χ1n) is 6.78. The first kappa shape index (κ1) is 16.8. The number of para-hydroxylation sites is 1. The fourth-order valence-corrected chi connectivity index (χ4v) is 2.30. The molecule has 0 saturated heterocycles. The number of benzene rings is 2. The smallest absolute Gasteiger partial charge is 0.276 e. The van der Waals surface area contributed by atoms with Gasteiger partial charge in [0.15, 0.2) is 18.2 Å². The molecule has 5 nitrogen and oxygen atoms in total. The van der Waals surface area contributed by atoms with Crippen LogP contribution in [0.1, 0.15) is 0 Å². The molecule has 0 radical (unpaired) electrons. The first-order valence-corrected chi connectivity index (χ1v) is 7.76. The third-order valence-electron chi connectivity index (χ3n) is 2.65. The number of carbonyl (C=O) groups is 2. The molecule has 2 rings (SSSR count). The highest BCUT2D eigenvalue weighted by atomic mass is 32.2. The van der Waals surface area contributed by atoms with Crippen molar-refractivity contribution in [2.24, 2.45) is 0 Å². The molecule has 0 atom stereocenters. The maximum Gasteiger partial charge on any atom is 0.276 e. The average Bonchev–Trinajstić information content (AvgIpc) is 2.58. The van der Waals surface area contributed by atoms with Gasteiger partial charge in [-0.05, 0) is 24.3 Å². The molecule has 120 valence electrons. The van der Waals surface area contributed by atoms with Gasteiger partial charge in [0.05, 0.1) is 5.75 Å². The molecule has 0 aromatic heterocycles. The van der Waals surface area contributed by atoms with Crippen molar-refractivity contribution in [3.05, 3.63) is 60.4 Å². The van der Waals surface area contributed by atoms with E-state index in [-0.39, 0.29) is 17.4 Å². The predicted molar refractivity (Wildman–Crippen MR) is 85.3 cm³/mol. The molecule has 7 heteroatoms. The summed E-state index contributed by atoms with van der Waals surface area (Å²) in [5, 5.41) is 0. The lowest BCUT2D eigenvalue weighted by Gasteiger charge is -2.09. The Kier molecular flexibility index (Phi) is 6.43. The molecule has 0 saturated carbocycles. The molecule has 0 heterocycles. The van der Waals surface area contributed by atoms with Crippen LogP contribution in [-0.4, -0.2) is 24.2 Å². The second-order valence-corrected chi connectivity index (χ2v) is 5.47. The lowest BCUT2D eigenvalue weighted by atomic mass is 10.3. The van der Waals surface area contributed by atoms with Crippen LogP contribution >= 0.6 is 11.8 Å². The zero-order chi connectivity index (χ0) is 16.5. The zero-order valence-corrected chi connectivity index (χ0v) is 12.9. The third kappa shape index (κ3) is 5.99. The van der Waals surface area contributed by atoms with Crippen LogP contribution in [0.4, 0.5) is 4.39 Å². The van der Waals surface area contributed by atoms with Gasteiger partial charge in [-0.3, -0.25) is 20.4 Å². The van der Waals surface area contributed by atoms with Crippen LogP contribution in [0.2, 0.25) is 0 Å². The fraction of sp³-hybridized carbons (Fsp3) is 0.125. The van der Waals surface area contributed by atoms with Gasteiger partial charge in [0, 0.05) is 4.90 Å². The molecule has 2 aromatic rings. The van der Waals surface area contributed by atoms with Crippen molar-refractivity contribution in [3.8, 4) is 5.75 Å². The van der Waals surface area contributed by atoms with Crippen LogP contribution in [0.3, 0.4) is 0 Å². The number of hydrazine groups is 1. The molecule has 2 N–H and O–H groups in total. The number of halogens is 1. The highest BCUT2D eigenvalue weighted by molar-refractivity contribution is 8.00. The lowest BCUT2D eigenvalue weighted by Crippen LogP contribution is -2.44. The molecule has 0 unspecified atom stereocenters. The van der Waals surface area contributed by atoms with E-state index in [1.807, 2.05) is 30.3 Å². The van der Waals surface area contributed by atoms with Crippen LogP contribution in [0.15, 0.2) is 59.5 Å². The second-order valence-electron chi connectivity index (χ2n) is 4.42. The van der Waals surface area contributed by atoms with Crippen molar-refractivity contribution < 1.29 is 18.7 Å². The van der Waals surface area contributed by atoms with Gasteiger partial charge >= 0.3 is 0 Å². The minimum absolute atomic E-state index is 0.0198. The second kappa shape index (κ2) is 8.79. The highest BCUT2D eigenvalue weighted by Gasteiger charge is 2.08. The van der Waals surface area contributed by atoms with Gasteiger partial charge in [-0.15, -0.1) is 11.8 Å². The van der Waals surface area contributed by atoms with E-state index in [2.05, 4.69) is 10.9 Å². The highest BCUT2D eigenvalue weighted by Crippen LogP contribution is 2.16. The molecule has 0 fully saturated rings. The van der Waals surface area contributed by atoms with E-state index in [1.54, 1.807) is 6.07 Å². The topological polar surface area (TPSA) is 67.4 Å². The van der Waals surface area contributed by atoms with Crippen molar-refractivity contribution in [1.82, 2.24) is 10.9 Å². The van der Waals surface area contributed by atoms with Gasteiger partial charge in [-0.1, -0.05) is 30.3 Å². The maximum atomic E-state index is 13.3. The Morgan fingerprint density at radius 1 is 0.957 bits per heavy atom. The Labute approximate surface area is 137 Å². The van der Waals surface area contributed by atoms with Gasteiger partial charge in [-0.25, -0.2) is 4.39 Å². The van der Waals surface area contributed by atoms with Gasteiger partial charge in [0.25, 0.3) is 5.91 Å². The summed E-state index contributed by atoms with van der Waals surface area (Å²) in [6.45, 7) is -0.396. The van der Waals surface area contributed by atoms with Crippen LogP contribution in [0.5, 0.6) is 5.75 Å². The monoisotopic (exact) mass is 334 g/mol. The van der Waals surface area contributed by atoms with Gasteiger partial charge in [0.1, 0.15) is 0 Å². The summed E-state index contributed by atoms with van der Waals surface area (Å²) >= 11 is 1.35. The summed E-state index contributed by atoms with van der Waals surface area (Å²) in [5.41, 5.74) is 4.48. The molecule has 23 heavy (non-hydrogen) atoms. The summed E-state index contributed by atoms with van der Waals surface area (Å²) in [7, 11) is 0. The van der Waals surface area contributed by atoms with Crippen LogP contribution in [-0.2, 0) is 9.59 Å². The van der Waals surface area contributed by atoms with Gasteiger partial charge < -0.3 is 4.74 Å². The van der Waals surface area contributed by atoms with E-state index in [9.17, 15) is 14.0 Å². The van der Waals surface area contributed by atoms with Crippen LogP contribution in [0, 0.1) is 5.82 Å². The molecule has 2 aromatic carbocycles. The Hall–Kier alpha value is -2.54. The zero-order valence-electron chi connectivity index (χ0n) is 12.1. The molecular formula is C16H15FN2O3S. The van der Waals surface area contributed by atoms with E-state index < -0.39 is 18.3 Å². The number of rotatable bonds is 6. The standard InChI is InChI=1S/C16H15FN2O3S/c17-13-8-4-5-9-14(13)22-10-15(20)18-19-16(21)11-23-12-6-2-1-3-7-12/h1-9H,10-11H2,(H,18,20)(H,19,21). The molecule has 0 aliphatic carbocycles. The Morgan fingerprint density at radius 3 is 2.35 bits per heavy atom. The SMILES string of the molecule is O=C(COc1ccccc1F)NNC(=O)CSc1ccccc1. The van der Waals surface area contributed by atoms with Crippen molar-refractivity contribution in [1.29, 1.82) is 0 Å². The number of amides is 2. The van der Waals surface area contributed by atoms with Crippen molar-refractivity contribution in [2.45, 2.75) is 4.90 Å². The summed E-state index contributed by atoms with van der Waals surface area (Å²) in [6.07, 6.45) is 0. The number of hydrogen-bond acceptors (Lipinski definition) is 4. The third-order valence-corrected chi connectivity index (χ3v) is 3.66. The molecule has 0 bridgehead atoms. The fourth-order valence-electron chi connectivity index (χ4n) is 1.58. The molecule has 0 spiro atoms. The number of carbonyl (C=O) groups excluding carboxylic acids is 2. The molecular weight excluding hydrogens is 319 g/mol. The lowest BCUT2D eigenvalue weighted by molar-refractivity contribution is -0.128. The number of hydrogen-bond donors (Lipinski definition) is 2. The van der Waals surface area contributed by atoms with E-state index in [0.717, 1.165) is 4.90 Å². The average molecular weight is 334 g/mol. The molecule has 2 amide bonds. The van der Waals surface area contributed by atoms with E-state index in [0.29, 0.717) is 0 Å². The summed E-state index contributed by atoms with van der Waals surface area (Å²) in [5.74, 6) is -1.33. The predicted octanol–water partition coefficient (Wildman–Crippen LogP) is 2.14. The van der Waals surface area contributed by atoms with E-state index in [4.69, 9.17) is 4.74 Å². The Morgan fingerprint density at radius 2 is 1.61 bits per heavy atom. The summed E-state index contributed by atoms with van der Waals surface area (Å²) in [6, 6.07) is 15.2. The van der Waals surface area contributed by atoms with Crippen LogP contribution < -0.4 is 15.6 Å². The summed E-state index contributed by atoms with van der Waals surface area (Å²) in [4.78, 5) is 24.1. The first-order chi connectivity index (χ1) is 11.1. The van der Waals surface area contributed by atoms with Crippen molar-refractivity contribution in [2.75, 3.05) is 12.4 Å². The molecule has 0 aliphatic heterocycles. The number of nitrogens with one attached hydrogen (secondary N) is 2.